The van der Waals surface area contributed by atoms with E-state index in [1.165, 1.54) is 0 Å². The van der Waals surface area contributed by atoms with E-state index in [1.807, 2.05) is 102 Å². The minimum absolute atomic E-state index is 0.140. The second kappa shape index (κ2) is 7.51. The number of Topliss-reactive ketones (excluding diaryl/α,β-unsaturated/α-hetero) is 1. The summed E-state index contributed by atoms with van der Waals surface area (Å²) in [4.78, 5) is 28.7. The molecule has 0 saturated heterocycles. The van der Waals surface area contributed by atoms with Crippen molar-refractivity contribution >= 4 is 17.4 Å². The molecule has 2 aromatic rings. The Morgan fingerprint density at radius 1 is 0.862 bits per heavy atom. The van der Waals surface area contributed by atoms with Gasteiger partial charge in [0.2, 0.25) is 6.23 Å². The number of hydrogen-bond donors (Lipinski definition) is 0. The van der Waals surface area contributed by atoms with E-state index in [4.69, 9.17) is 4.74 Å². The number of allylic oxidation sites excluding steroid dienone is 1. The maximum atomic E-state index is 13.8. The Labute approximate surface area is 173 Å². The van der Waals surface area contributed by atoms with E-state index in [0.29, 0.717) is 11.4 Å². The molecule has 0 aromatic heterocycles. The number of benzene rings is 2. The summed E-state index contributed by atoms with van der Waals surface area (Å²) in [6, 6.07) is 19.0. The summed E-state index contributed by atoms with van der Waals surface area (Å²) in [6.45, 7) is 11.4. The van der Waals surface area contributed by atoms with Crippen LogP contribution in [0.15, 0.2) is 72.0 Å². The summed E-state index contributed by atoms with van der Waals surface area (Å²) in [5, 5.41) is 0. The first-order chi connectivity index (χ1) is 13.5. The summed E-state index contributed by atoms with van der Waals surface area (Å²) in [5.41, 5.74) is 0.488. The van der Waals surface area contributed by atoms with Crippen molar-refractivity contribution in [2.24, 2.45) is 10.8 Å². The van der Waals surface area contributed by atoms with Gasteiger partial charge >= 0.3 is 0 Å². The van der Waals surface area contributed by atoms with Crippen molar-refractivity contribution < 1.29 is 14.3 Å². The van der Waals surface area contributed by atoms with Gasteiger partial charge in [0, 0.05) is 22.1 Å². The van der Waals surface area contributed by atoms with Crippen LogP contribution in [0.4, 0.5) is 5.69 Å². The lowest BCUT2D eigenvalue weighted by molar-refractivity contribution is -0.129. The van der Waals surface area contributed by atoms with Crippen molar-refractivity contribution in [3.05, 3.63) is 77.6 Å². The van der Waals surface area contributed by atoms with Crippen molar-refractivity contribution in [2.45, 2.75) is 47.8 Å². The van der Waals surface area contributed by atoms with Gasteiger partial charge in [-0.05, 0) is 12.1 Å². The zero-order valence-electron chi connectivity index (χ0n) is 18.0. The first kappa shape index (κ1) is 20.8. The van der Waals surface area contributed by atoms with Crippen LogP contribution in [-0.4, -0.2) is 11.7 Å². The molecule has 1 aliphatic heterocycles. The number of para-hydroxylation sites is 1. The standard InChI is InChI=1S/C25H29NO3/c1-24(2,3)20(27)19-21(25(4,5)6)29-23(17-13-9-7-10-14-17)26(22(19)28)18-15-11-8-12-16-18/h7-16,23H,1-6H3/t23-/m0/s1. The third kappa shape index (κ3) is 4.12. The Bertz CT molecular complexity index is 932. The fourth-order valence-electron chi connectivity index (χ4n) is 3.35. The van der Waals surface area contributed by atoms with Crippen LogP contribution in [-0.2, 0) is 14.3 Å². The van der Waals surface area contributed by atoms with E-state index < -0.39 is 17.1 Å². The van der Waals surface area contributed by atoms with Crippen LogP contribution in [0.2, 0.25) is 0 Å². The van der Waals surface area contributed by atoms with Crippen LogP contribution in [0.5, 0.6) is 0 Å². The number of nitrogens with zero attached hydrogens (tertiary/aromatic N) is 1. The SMILES string of the molecule is CC(C)(C)C(=O)C1=C(C(C)(C)C)O[C@@H](c2ccccc2)N(c2ccccc2)C1=O. The molecule has 2 aromatic carbocycles. The smallest absolute Gasteiger partial charge is 0.268 e. The maximum Gasteiger partial charge on any atom is 0.268 e. The highest BCUT2D eigenvalue weighted by atomic mass is 16.5. The highest BCUT2D eigenvalue weighted by Crippen LogP contribution is 2.43. The van der Waals surface area contributed by atoms with Crippen molar-refractivity contribution in [1.29, 1.82) is 0 Å². The van der Waals surface area contributed by atoms with Crippen molar-refractivity contribution in [3.63, 3.8) is 0 Å². The Balaban J connectivity index is 2.26. The van der Waals surface area contributed by atoms with Crippen LogP contribution < -0.4 is 4.90 Å². The molecule has 0 radical (unpaired) electrons. The lowest BCUT2D eigenvalue weighted by atomic mass is 9.80. The number of amides is 1. The Kier molecular flexibility index (Phi) is 5.40. The first-order valence-corrected chi connectivity index (χ1v) is 9.91. The van der Waals surface area contributed by atoms with Gasteiger partial charge in [0.05, 0.1) is 0 Å². The fraction of sp³-hybridized carbons (Fsp3) is 0.360. The predicted molar refractivity (Wildman–Crippen MR) is 115 cm³/mol. The first-order valence-electron chi connectivity index (χ1n) is 9.91. The minimum atomic E-state index is -0.702. The van der Waals surface area contributed by atoms with E-state index in [1.54, 1.807) is 4.90 Å². The topological polar surface area (TPSA) is 46.6 Å². The maximum absolute atomic E-state index is 13.8. The highest BCUT2D eigenvalue weighted by Gasteiger charge is 2.45. The van der Waals surface area contributed by atoms with Gasteiger partial charge in [0.1, 0.15) is 11.3 Å². The monoisotopic (exact) mass is 391 g/mol. The normalized spacial score (nSPS) is 17.9. The Morgan fingerprint density at radius 3 is 1.86 bits per heavy atom. The van der Waals surface area contributed by atoms with Crippen molar-refractivity contribution in [3.8, 4) is 0 Å². The van der Waals surface area contributed by atoms with E-state index in [9.17, 15) is 9.59 Å². The molecular formula is C25H29NO3. The molecule has 152 valence electrons. The van der Waals surface area contributed by atoms with E-state index >= 15 is 0 Å². The molecule has 0 aliphatic carbocycles. The Hall–Kier alpha value is -2.88. The second-order valence-corrected chi connectivity index (χ2v) is 9.42. The van der Waals surface area contributed by atoms with Gasteiger partial charge in [0.25, 0.3) is 5.91 Å². The van der Waals surface area contributed by atoms with Gasteiger partial charge in [-0.25, -0.2) is 0 Å². The molecule has 1 atom stereocenters. The molecule has 0 spiro atoms. The minimum Gasteiger partial charge on any atom is -0.469 e. The molecule has 1 aliphatic rings. The number of anilines is 1. The van der Waals surface area contributed by atoms with Gasteiger partial charge in [-0.2, -0.15) is 0 Å². The van der Waals surface area contributed by atoms with Crippen molar-refractivity contribution in [1.82, 2.24) is 0 Å². The lowest BCUT2D eigenvalue weighted by Gasteiger charge is -2.42. The summed E-state index contributed by atoms with van der Waals surface area (Å²) >= 11 is 0. The Morgan fingerprint density at radius 2 is 1.38 bits per heavy atom. The molecule has 0 unspecified atom stereocenters. The molecule has 3 rings (SSSR count). The van der Waals surface area contributed by atoms with E-state index in [2.05, 4.69) is 0 Å². The molecule has 29 heavy (non-hydrogen) atoms. The molecule has 4 heteroatoms. The largest absolute Gasteiger partial charge is 0.469 e. The zero-order valence-corrected chi connectivity index (χ0v) is 18.0. The molecule has 1 heterocycles. The molecule has 1 amide bonds. The summed E-state index contributed by atoms with van der Waals surface area (Å²) < 4.78 is 6.47. The summed E-state index contributed by atoms with van der Waals surface area (Å²) in [7, 11) is 0. The van der Waals surface area contributed by atoms with E-state index in [0.717, 1.165) is 5.56 Å². The number of rotatable bonds is 3. The number of hydrogen-bond acceptors (Lipinski definition) is 3. The number of carbonyl (C=O) groups excluding carboxylic acids is 2. The van der Waals surface area contributed by atoms with E-state index in [-0.39, 0.29) is 17.3 Å². The number of carbonyl (C=O) groups is 2. The average molecular weight is 392 g/mol. The molecule has 0 fully saturated rings. The van der Waals surface area contributed by atoms with Gasteiger partial charge in [-0.15, -0.1) is 0 Å². The van der Waals surface area contributed by atoms with Gasteiger partial charge in [-0.3, -0.25) is 14.5 Å². The quantitative estimate of drug-likeness (QED) is 0.634. The van der Waals surface area contributed by atoms with Crippen LogP contribution in [0, 0.1) is 10.8 Å². The van der Waals surface area contributed by atoms with Gasteiger partial charge < -0.3 is 4.74 Å². The summed E-state index contributed by atoms with van der Waals surface area (Å²) in [5.74, 6) is -0.0792. The third-order valence-electron chi connectivity index (χ3n) is 4.83. The van der Waals surface area contributed by atoms with Crippen LogP contribution >= 0.6 is 0 Å². The average Bonchev–Trinajstić information content (AvgIpc) is 2.66. The van der Waals surface area contributed by atoms with Crippen LogP contribution in [0.25, 0.3) is 0 Å². The van der Waals surface area contributed by atoms with Gasteiger partial charge in [-0.1, -0.05) is 90.1 Å². The van der Waals surface area contributed by atoms with Crippen LogP contribution in [0.1, 0.15) is 53.3 Å². The third-order valence-corrected chi connectivity index (χ3v) is 4.83. The number of ether oxygens (including phenoxy) is 1. The molecule has 0 saturated carbocycles. The summed E-state index contributed by atoms with van der Waals surface area (Å²) in [6.07, 6.45) is -0.642. The molecular weight excluding hydrogens is 362 g/mol. The number of ketones is 1. The molecule has 4 nitrogen and oxygen atoms in total. The fourth-order valence-corrected chi connectivity index (χ4v) is 3.35. The second-order valence-electron chi connectivity index (χ2n) is 9.42. The molecule has 0 N–H and O–H groups in total. The highest BCUT2D eigenvalue weighted by molar-refractivity contribution is 6.26. The molecule has 0 bridgehead atoms. The lowest BCUT2D eigenvalue weighted by Crippen LogP contribution is -2.46. The van der Waals surface area contributed by atoms with Crippen LogP contribution in [0.3, 0.4) is 0 Å². The predicted octanol–water partition coefficient (Wildman–Crippen LogP) is 5.66. The zero-order chi connectivity index (χ0) is 21.4. The van der Waals surface area contributed by atoms with Crippen molar-refractivity contribution in [2.75, 3.05) is 4.90 Å². The van der Waals surface area contributed by atoms with Gasteiger partial charge in [0.15, 0.2) is 5.78 Å².